The molecule has 0 spiro atoms. The second-order valence-corrected chi connectivity index (χ2v) is 5.49. The van der Waals surface area contributed by atoms with Crippen molar-refractivity contribution >= 4 is 28.9 Å². The van der Waals surface area contributed by atoms with Gasteiger partial charge >= 0.3 is 0 Å². The summed E-state index contributed by atoms with van der Waals surface area (Å²) < 4.78 is 16.3. The molecule has 25 heavy (non-hydrogen) atoms. The molecule has 2 aromatic rings. The van der Waals surface area contributed by atoms with E-state index >= 15 is 0 Å². The molecule has 1 aliphatic rings. The van der Waals surface area contributed by atoms with Crippen LogP contribution in [0.1, 0.15) is 5.56 Å². The van der Waals surface area contributed by atoms with Gasteiger partial charge in [0.15, 0.2) is 11.5 Å². The van der Waals surface area contributed by atoms with Gasteiger partial charge < -0.3 is 14.2 Å². The van der Waals surface area contributed by atoms with Crippen LogP contribution in [0, 0.1) is 11.3 Å². The van der Waals surface area contributed by atoms with Gasteiger partial charge in [-0.25, -0.2) is 0 Å². The number of amides is 1. The second kappa shape index (κ2) is 7.32. The Bertz CT molecular complexity index is 847. The van der Waals surface area contributed by atoms with Crippen LogP contribution in [0.5, 0.6) is 17.2 Å². The Morgan fingerprint density at radius 2 is 1.96 bits per heavy atom. The van der Waals surface area contributed by atoms with E-state index in [9.17, 15) is 10.1 Å². The summed E-state index contributed by atoms with van der Waals surface area (Å²) in [4.78, 5) is 13.9. The van der Waals surface area contributed by atoms with Crippen LogP contribution in [-0.2, 0) is 4.79 Å². The monoisotopic (exact) mass is 358 g/mol. The summed E-state index contributed by atoms with van der Waals surface area (Å²) in [6.45, 7) is 0.926. The summed E-state index contributed by atoms with van der Waals surface area (Å²) in [5.41, 5.74) is 1.42. The number of rotatable bonds is 4. The molecule has 6 nitrogen and oxygen atoms in total. The molecular formula is C18H15ClN2O4. The molecule has 3 rings (SSSR count). The highest BCUT2D eigenvalue weighted by atomic mass is 35.5. The number of hydrogen-bond acceptors (Lipinski definition) is 5. The molecular weight excluding hydrogens is 344 g/mol. The predicted molar refractivity (Wildman–Crippen MR) is 93.0 cm³/mol. The lowest BCUT2D eigenvalue weighted by Crippen LogP contribution is -2.27. The fourth-order valence-electron chi connectivity index (χ4n) is 2.56. The number of carbonyl (C=O) groups is 1. The quantitative estimate of drug-likeness (QED) is 0.784. The lowest BCUT2D eigenvalue weighted by atomic mass is 10.1. The first-order valence-corrected chi connectivity index (χ1v) is 8.07. The number of halogens is 1. The molecule has 0 saturated carbocycles. The van der Waals surface area contributed by atoms with Crippen LogP contribution < -0.4 is 19.1 Å². The zero-order valence-electron chi connectivity index (χ0n) is 13.5. The van der Waals surface area contributed by atoms with Crippen LogP contribution in [0.2, 0.25) is 0 Å². The maximum absolute atomic E-state index is 12.5. The van der Waals surface area contributed by atoms with E-state index in [1.165, 1.54) is 12.0 Å². The normalized spacial score (nSPS) is 12.2. The molecule has 128 valence electrons. The van der Waals surface area contributed by atoms with E-state index in [2.05, 4.69) is 6.07 Å². The highest BCUT2D eigenvalue weighted by molar-refractivity contribution is 6.30. The van der Waals surface area contributed by atoms with Crippen molar-refractivity contribution < 1.29 is 19.0 Å². The first kappa shape index (κ1) is 16.9. The highest BCUT2D eigenvalue weighted by Gasteiger charge is 2.21. The van der Waals surface area contributed by atoms with Crippen molar-refractivity contribution in [1.82, 2.24) is 0 Å². The number of ether oxygens (including phenoxy) is 3. The minimum Gasteiger partial charge on any atom is -0.497 e. The van der Waals surface area contributed by atoms with Gasteiger partial charge in [-0.2, -0.15) is 5.26 Å². The minimum atomic E-state index is -0.338. The molecule has 0 atom stereocenters. The molecule has 0 aliphatic carbocycles. The van der Waals surface area contributed by atoms with Crippen molar-refractivity contribution in [1.29, 1.82) is 5.26 Å². The molecule has 0 bridgehead atoms. The summed E-state index contributed by atoms with van der Waals surface area (Å²) in [5.74, 6) is 1.10. The van der Waals surface area contributed by atoms with Gasteiger partial charge in [0, 0.05) is 12.1 Å². The third-order valence-electron chi connectivity index (χ3n) is 3.66. The summed E-state index contributed by atoms with van der Waals surface area (Å²) in [6.07, 6.45) is 0. The summed E-state index contributed by atoms with van der Waals surface area (Å²) in [7, 11) is 1.50. The van der Waals surface area contributed by atoms with Gasteiger partial charge in [0.05, 0.1) is 30.1 Å². The van der Waals surface area contributed by atoms with Crippen LogP contribution in [0.25, 0.3) is 0 Å². The van der Waals surface area contributed by atoms with Gasteiger partial charge in [-0.3, -0.25) is 9.69 Å². The lowest BCUT2D eigenvalue weighted by molar-refractivity contribution is -0.115. The van der Waals surface area contributed by atoms with Crippen LogP contribution in [0.4, 0.5) is 11.4 Å². The van der Waals surface area contributed by atoms with E-state index in [4.69, 9.17) is 25.8 Å². The average Bonchev–Trinajstić information content (AvgIpc) is 2.67. The summed E-state index contributed by atoms with van der Waals surface area (Å²) >= 11 is 5.79. The number of fused-ring (bicyclic) bond motifs is 1. The van der Waals surface area contributed by atoms with Crippen molar-refractivity contribution in [2.75, 3.05) is 31.1 Å². The number of hydrogen-bond donors (Lipinski definition) is 0. The molecule has 0 radical (unpaired) electrons. The Balaban J connectivity index is 2.10. The first-order valence-electron chi connectivity index (χ1n) is 7.54. The van der Waals surface area contributed by atoms with E-state index in [1.807, 2.05) is 0 Å². The van der Waals surface area contributed by atoms with Gasteiger partial charge in [-0.1, -0.05) is 0 Å². The number of benzene rings is 2. The second-order valence-electron chi connectivity index (χ2n) is 5.22. The highest BCUT2D eigenvalue weighted by Crippen LogP contribution is 2.37. The molecule has 1 aliphatic heterocycles. The average molecular weight is 359 g/mol. The molecule has 1 amide bonds. The smallest absolute Gasteiger partial charge is 0.246 e. The molecule has 0 unspecified atom stereocenters. The van der Waals surface area contributed by atoms with Crippen molar-refractivity contribution in [2.24, 2.45) is 0 Å². The standard InChI is InChI=1S/C18H15ClN2O4/c1-23-15-7-12(11-20)6-14(8-15)21(18(22)10-19)13-2-3-16-17(9-13)25-5-4-24-16/h2-3,6-9H,4-5,10H2,1H3. The number of methoxy groups -OCH3 is 1. The molecule has 0 fully saturated rings. The van der Waals surface area contributed by atoms with E-state index in [1.54, 1.807) is 36.4 Å². The van der Waals surface area contributed by atoms with Crippen molar-refractivity contribution in [2.45, 2.75) is 0 Å². The zero-order valence-corrected chi connectivity index (χ0v) is 14.2. The third-order valence-corrected chi connectivity index (χ3v) is 3.89. The Hall–Kier alpha value is -2.91. The van der Waals surface area contributed by atoms with Crippen molar-refractivity contribution in [3.63, 3.8) is 0 Å². The van der Waals surface area contributed by atoms with E-state index in [0.29, 0.717) is 47.4 Å². The maximum Gasteiger partial charge on any atom is 0.246 e. The minimum absolute atomic E-state index is 0.215. The number of alkyl halides is 1. The lowest BCUT2D eigenvalue weighted by Gasteiger charge is -2.25. The van der Waals surface area contributed by atoms with E-state index in [0.717, 1.165) is 0 Å². The van der Waals surface area contributed by atoms with E-state index in [-0.39, 0.29) is 11.8 Å². The van der Waals surface area contributed by atoms with Crippen LogP contribution >= 0.6 is 11.6 Å². The summed E-state index contributed by atoms with van der Waals surface area (Å²) in [6, 6.07) is 12.1. The molecule has 0 N–H and O–H groups in total. The van der Waals surface area contributed by atoms with Crippen LogP contribution in [0.15, 0.2) is 36.4 Å². The van der Waals surface area contributed by atoms with Crippen molar-refractivity contribution in [3.05, 3.63) is 42.0 Å². The molecule has 2 aromatic carbocycles. The molecule has 7 heteroatoms. The Kier molecular flexibility index (Phi) is 4.96. The topological polar surface area (TPSA) is 71.8 Å². The van der Waals surface area contributed by atoms with Gasteiger partial charge in [0.2, 0.25) is 5.91 Å². The first-order chi connectivity index (χ1) is 12.2. The largest absolute Gasteiger partial charge is 0.497 e. The summed E-state index contributed by atoms with van der Waals surface area (Å²) in [5, 5.41) is 9.22. The number of carbonyl (C=O) groups excluding carboxylic acids is 1. The van der Waals surface area contributed by atoms with Gasteiger partial charge in [-0.15, -0.1) is 11.6 Å². The zero-order chi connectivity index (χ0) is 17.8. The number of nitriles is 1. The van der Waals surface area contributed by atoms with Gasteiger partial charge in [0.1, 0.15) is 24.8 Å². The Labute approximate surface area is 150 Å². The fourth-order valence-corrected chi connectivity index (χ4v) is 2.68. The maximum atomic E-state index is 12.5. The predicted octanol–water partition coefficient (Wildman–Crippen LogP) is 3.24. The number of nitrogens with zero attached hydrogens (tertiary/aromatic N) is 2. The third kappa shape index (κ3) is 3.47. The van der Waals surface area contributed by atoms with Crippen LogP contribution in [0.3, 0.4) is 0 Å². The van der Waals surface area contributed by atoms with E-state index < -0.39 is 0 Å². The molecule has 1 heterocycles. The van der Waals surface area contributed by atoms with Gasteiger partial charge in [-0.05, 0) is 24.3 Å². The molecule has 0 aromatic heterocycles. The Morgan fingerprint density at radius 1 is 1.20 bits per heavy atom. The number of anilines is 2. The SMILES string of the molecule is COc1cc(C#N)cc(N(C(=O)CCl)c2ccc3c(c2)OCCO3)c1. The Morgan fingerprint density at radius 3 is 2.64 bits per heavy atom. The van der Waals surface area contributed by atoms with Crippen molar-refractivity contribution in [3.8, 4) is 23.3 Å². The van der Waals surface area contributed by atoms with Gasteiger partial charge in [0.25, 0.3) is 0 Å². The van der Waals surface area contributed by atoms with Crippen LogP contribution in [-0.4, -0.2) is 32.1 Å². The molecule has 0 saturated heterocycles. The fraction of sp³-hybridized carbons (Fsp3) is 0.222.